The Labute approximate surface area is 98.9 Å². The molecular formula is C12H13N3O2. The summed E-state index contributed by atoms with van der Waals surface area (Å²) in [5, 5.41) is 10.5. The Balaban J connectivity index is 2.19. The number of nitro benzene ring substituents is 1. The summed E-state index contributed by atoms with van der Waals surface area (Å²) in [6, 6.07) is 6.59. The number of nitrogens with zero attached hydrogens (tertiary/aromatic N) is 3. The van der Waals surface area contributed by atoms with Crippen molar-refractivity contribution in [1.82, 2.24) is 9.55 Å². The van der Waals surface area contributed by atoms with Crippen LogP contribution in [0.3, 0.4) is 0 Å². The van der Waals surface area contributed by atoms with E-state index in [-0.39, 0.29) is 5.69 Å². The molecule has 1 aromatic carbocycles. The van der Waals surface area contributed by atoms with E-state index in [4.69, 9.17) is 0 Å². The number of hydrogen-bond donors (Lipinski definition) is 0. The number of rotatable bonds is 3. The molecule has 5 heteroatoms. The van der Waals surface area contributed by atoms with E-state index in [0.29, 0.717) is 6.54 Å². The Morgan fingerprint density at radius 3 is 2.41 bits per heavy atom. The molecule has 0 radical (unpaired) electrons. The van der Waals surface area contributed by atoms with Crippen LogP contribution in [0, 0.1) is 24.0 Å². The highest BCUT2D eigenvalue weighted by molar-refractivity contribution is 5.33. The molecule has 2 aromatic rings. The van der Waals surface area contributed by atoms with Crippen LogP contribution in [0.25, 0.3) is 0 Å². The average Bonchev–Trinajstić information content (AvgIpc) is 2.62. The van der Waals surface area contributed by atoms with E-state index in [9.17, 15) is 10.1 Å². The summed E-state index contributed by atoms with van der Waals surface area (Å²) in [6.45, 7) is 4.65. The number of aryl methyl sites for hydroxylation is 1. The summed E-state index contributed by atoms with van der Waals surface area (Å²) >= 11 is 0. The fourth-order valence-electron chi connectivity index (χ4n) is 1.62. The van der Waals surface area contributed by atoms with Gasteiger partial charge in [0.2, 0.25) is 0 Å². The van der Waals surface area contributed by atoms with Crippen LogP contribution in [0.2, 0.25) is 0 Å². The number of hydrogen-bond acceptors (Lipinski definition) is 3. The van der Waals surface area contributed by atoms with Gasteiger partial charge in [-0.15, -0.1) is 0 Å². The molecule has 0 bridgehead atoms. The van der Waals surface area contributed by atoms with Gasteiger partial charge in [-0.1, -0.05) is 12.1 Å². The molecule has 0 aliphatic heterocycles. The van der Waals surface area contributed by atoms with Gasteiger partial charge in [0.25, 0.3) is 5.69 Å². The third-order valence-electron chi connectivity index (χ3n) is 2.85. The van der Waals surface area contributed by atoms with Gasteiger partial charge in [-0.25, -0.2) is 4.98 Å². The first kappa shape index (κ1) is 11.3. The number of aromatic nitrogens is 2. The van der Waals surface area contributed by atoms with E-state index in [1.165, 1.54) is 12.1 Å². The van der Waals surface area contributed by atoms with E-state index < -0.39 is 4.92 Å². The topological polar surface area (TPSA) is 61.0 Å². The Kier molecular flexibility index (Phi) is 2.91. The molecule has 1 aromatic heterocycles. The van der Waals surface area contributed by atoms with Gasteiger partial charge in [-0.3, -0.25) is 10.1 Å². The largest absolute Gasteiger partial charge is 0.330 e. The Morgan fingerprint density at radius 2 is 1.94 bits per heavy atom. The molecule has 0 amide bonds. The third kappa shape index (κ3) is 2.33. The van der Waals surface area contributed by atoms with Gasteiger partial charge in [-0.05, 0) is 19.4 Å². The monoisotopic (exact) mass is 231 g/mol. The molecule has 0 spiro atoms. The Morgan fingerprint density at radius 1 is 1.29 bits per heavy atom. The van der Waals surface area contributed by atoms with Crippen molar-refractivity contribution in [2.45, 2.75) is 20.4 Å². The molecule has 0 N–H and O–H groups in total. The molecule has 2 rings (SSSR count). The van der Waals surface area contributed by atoms with Crippen molar-refractivity contribution in [3.8, 4) is 0 Å². The maximum atomic E-state index is 10.5. The minimum atomic E-state index is -0.392. The summed E-state index contributed by atoms with van der Waals surface area (Å²) in [5.74, 6) is 0. The van der Waals surface area contributed by atoms with Gasteiger partial charge in [0, 0.05) is 24.4 Å². The summed E-state index contributed by atoms with van der Waals surface area (Å²) in [4.78, 5) is 14.3. The molecule has 88 valence electrons. The van der Waals surface area contributed by atoms with Gasteiger partial charge in [-0.2, -0.15) is 0 Å². The van der Waals surface area contributed by atoms with Gasteiger partial charge in [0.1, 0.15) is 0 Å². The van der Waals surface area contributed by atoms with Crippen molar-refractivity contribution < 1.29 is 4.92 Å². The summed E-state index contributed by atoms with van der Waals surface area (Å²) in [5.41, 5.74) is 3.26. The smallest absolute Gasteiger partial charge is 0.269 e. The molecule has 0 aliphatic rings. The quantitative estimate of drug-likeness (QED) is 0.602. The molecule has 1 heterocycles. The van der Waals surface area contributed by atoms with Crippen LogP contribution >= 0.6 is 0 Å². The third-order valence-corrected chi connectivity index (χ3v) is 2.85. The molecule has 0 unspecified atom stereocenters. The van der Waals surface area contributed by atoms with Gasteiger partial charge < -0.3 is 4.57 Å². The fourth-order valence-corrected chi connectivity index (χ4v) is 1.62. The minimum Gasteiger partial charge on any atom is -0.330 e. The second-order valence-corrected chi connectivity index (χ2v) is 3.97. The zero-order chi connectivity index (χ0) is 12.4. The van der Waals surface area contributed by atoms with Gasteiger partial charge >= 0.3 is 0 Å². The van der Waals surface area contributed by atoms with Crippen molar-refractivity contribution in [3.63, 3.8) is 0 Å². The predicted molar refractivity (Wildman–Crippen MR) is 63.9 cm³/mol. The molecule has 0 aliphatic carbocycles. The van der Waals surface area contributed by atoms with E-state index in [1.807, 2.05) is 18.4 Å². The Hall–Kier alpha value is -2.17. The normalized spacial score (nSPS) is 10.5. The second-order valence-electron chi connectivity index (χ2n) is 3.97. The zero-order valence-corrected chi connectivity index (χ0v) is 9.75. The second kappa shape index (κ2) is 4.37. The van der Waals surface area contributed by atoms with Crippen molar-refractivity contribution in [2.75, 3.05) is 0 Å². The summed E-state index contributed by atoms with van der Waals surface area (Å²) < 4.78 is 2.02. The lowest BCUT2D eigenvalue weighted by Gasteiger charge is -2.05. The molecular weight excluding hydrogens is 218 g/mol. The van der Waals surface area contributed by atoms with E-state index in [2.05, 4.69) is 4.98 Å². The highest BCUT2D eigenvalue weighted by Gasteiger charge is 2.06. The predicted octanol–water partition coefficient (Wildman–Crippen LogP) is 2.46. The molecule has 0 fully saturated rings. The first-order valence-corrected chi connectivity index (χ1v) is 5.29. The maximum Gasteiger partial charge on any atom is 0.269 e. The van der Waals surface area contributed by atoms with Crippen LogP contribution < -0.4 is 0 Å². The van der Waals surface area contributed by atoms with Gasteiger partial charge in [0.15, 0.2) is 0 Å². The molecule has 17 heavy (non-hydrogen) atoms. The van der Waals surface area contributed by atoms with E-state index in [1.54, 1.807) is 18.5 Å². The van der Waals surface area contributed by atoms with Gasteiger partial charge in [0.05, 0.1) is 16.9 Å². The highest BCUT2D eigenvalue weighted by atomic mass is 16.6. The maximum absolute atomic E-state index is 10.5. The SMILES string of the molecule is Cc1ncn(Cc2ccc([N+](=O)[O-])cc2)c1C. The summed E-state index contributed by atoms with van der Waals surface area (Å²) in [7, 11) is 0. The van der Waals surface area contributed by atoms with Crippen molar-refractivity contribution in [1.29, 1.82) is 0 Å². The van der Waals surface area contributed by atoms with Crippen LogP contribution in [0.15, 0.2) is 30.6 Å². The molecule has 0 atom stereocenters. The lowest BCUT2D eigenvalue weighted by molar-refractivity contribution is -0.384. The van der Waals surface area contributed by atoms with Crippen LogP contribution in [0.4, 0.5) is 5.69 Å². The summed E-state index contributed by atoms with van der Waals surface area (Å²) in [6.07, 6.45) is 1.78. The average molecular weight is 231 g/mol. The first-order chi connectivity index (χ1) is 8.08. The first-order valence-electron chi connectivity index (χ1n) is 5.29. The number of benzene rings is 1. The molecule has 0 saturated carbocycles. The van der Waals surface area contributed by atoms with E-state index in [0.717, 1.165) is 17.0 Å². The van der Waals surface area contributed by atoms with Crippen LogP contribution in [-0.2, 0) is 6.54 Å². The molecule has 5 nitrogen and oxygen atoms in total. The standard InChI is InChI=1S/C12H13N3O2/c1-9-10(2)14(8-13-9)7-11-3-5-12(6-4-11)15(16)17/h3-6,8H,7H2,1-2H3. The molecule has 0 saturated heterocycles. The lowest BCUT2D eigenvalue weighted by atomic mass is 10.2. The number of non-ortho nitro benzene ring substituents is 1. The fraction of sp³-hybridized carbons (Fsp3) is 0.250. The van der Waals surface area contributed by atoms with Crippen molar-refractivity contribution >= 4 is 5.69 Å². The zero-order valence-electron chi connectivity index (χ0n) is 9.75. The number of imidazole rings is 1. The Bertz CT molecular complexity index is 543. The highest BCUT2D eigenvalue weighted by Crippen LogP contribution is 2.14. The van der Waals surface area contributed by atoms with Crippen LogP contribution in [0.5, 0.6) is 0 Å². The van der Waals surface area contributed by atoms with Crippen molar-refractivity contribution in [3.05, 3.63) is 57.7 Å². The number of nitro groups is 1. The van der Waals surface area contributed by atoms with Crippen molar-refractivity contribution in [2.24, 2.45) is 0 Å². The lowest BCUT2D eigenvalue weighted by Crippen LogP contribution is -2.00. The minimum absolute atomic E-state index is 0.118. The van der Waals surface area contributed by atoms with E-state index >= 15 is 0 Å². The van der Waals surface area contributed by atoms with Crippen LogP contribution in [-0.4, -0.2) is 14.5 Å². The van der Waals surface area contributed by atoms with Crippen LogP contribution in [0.1, 0.15) is 17.0 Å².